The van der Waals surface area contributed by atoms with Crippen molar-refractivity contribution in [2.45, 2.75) is 46.1 Å². The van der Waals surface area contributed by atoms with Gasteiger partial charge in [0, 0.05) is 25.2 Å². The molecular formula is C20H30N2O3. The number of rotatable bonds is 6. The largest absolute Gasteiger partial charge is 0.391 e. The van der Waals surface area contributed by atoms with Crippen molar-refractivity contribution in [1.29, 1.82) is 0 Å². The van der Waals surface area contributed by atoms with Crippen LogP contribution in [0.25, 0.3) is 0 Å². The molecule has 1 aromatic rings. The third-order valence-electron chi connectivity index (χ3n) is 4.79. The summed E-state index contributed by atoms with van der Waals surface area (Å²) in [6.07, 6.45) is 1.68. The van der Waals surface area contributed by atoms with Gasteiger partial charge in [-0.2, -0.15) is 0 Å². The van der Waals surface area contributed by atoms with Crippen LogP contribution in [0.2, 0.25) is 0 Å². The van der Waals surface area contributed by atoms with Gasteiger partial charge in [-0.25, -0.2) is 0 Å². The molecule has 0 aliphatic carbocycles. The minimum Gasteiger partial charge on any atom is -0.391 e. The van der Waals surface area contributed by atoms with Gasteiger partial charge < -0.3 is 15.3 Å². The molecule has 1 heterocycles. The second-order valence-corrected chi connectivity index (χ2v) is 7.75. The molecule has 2 N–H and O–H groups in total. The molecule has 2 atom stereocenters. The number of nitrogens with zero attached hydrogens (tertiary/aromatic N) is 1. The fourth-order valence-corrected chi connectivity index (χ4v) is 3.41. The Balaban J connectivity index is 1.96. The van der Waals surface area contributed by atoms with E-state index in [4.69, 9.17) is 0 Å². The number of piperidine rings is 1. The molecule has 5 nitrogen and oxygen atoms in total. The Bertz CT molecular complexity index is 588. The predicted octanol–water partition coefficient (Wildman–Crippen LogP) is 2.45. The maximum absolute atomic E-state index is 12.7. The van der Waals surface area contributed by atoms with E-state index >= 15 is 0 Å². The number of likely N-dealkylation sites (tertiary alicyclic amines) is 1. The molecule has 25 heavy (non-hydrogen) atoms. The van der Waals surface area contributed by atoms with Crippen LogP contribution in [0.4, 0.5) is 0 Å². The van der Waals surface area contributed by atoms with E-state index < -0.39 is 11.5 Å². The maximum atomic E-state index is 12.7. The first-order valence-electron chi connectivity index (χ1n) is 9.12. The van der Waals surface area contributed by atoms with Crippen LogP contribution in [0.1, 0.15) is 50.4 Å². The second-order valence-electron chi connectivity index (χ2n) is 7.75. The minimum absolute atomic E-state index is 0.0285. The van der Waals surface area contributed by atoms with Gasteiger partial charge in [-0.1, -0.05) is 32.0 Å². The summed E-state index contributed by atoms with van der Waals surface area (Å²) < 4.78 is 0. The van der Waals surface area contributed by atoms with Crippen molar-refractivity contribution in [3.05, 3.63) is 35.9 Å². The summed E-state index contributed by atoms with van der Waals surface area (Å²) in [5.41, 5.74) is 0.0415. The Morgan fingerprint density at radius 3 is 2.60 bits per heavy atom. The monoisotopic (exact) mass is 346 g/mol. The van der Waals surface area contributed by atoms with Crippen molar-refractivity contribution in [3.8, 4) is 0 Å². The molecule has 0 spiro atoms. The lowest BCUT2D eigenvalue weighted by molar-refractivity contribution is -0.133. The zero-order valence-electron chi connectivity index (χ0n) is 15.5. The summed E-state index contributed by atoms with van der Waals surface area (Å²) in [7, 11) is 0. The van der Waals surface area contributed by atoms with E-state index in [0.717, 1.165) is 12.8 Å². The van der Waals surface area contributed by atoms with Crippen molar-refractivity contribution in [2.75, 3.05) is 19.6 Å². The van der Waals surface area contributed by atoms with Crippen LogP contribution in [-0.2, 0) is 4.79 Å². The molecule has 0 saturated carbocycles. The summed E-state index contributed by atoms with van der Waals surface area (Å²) in [6.45, 7) is 7.33. The fraction of sp³-hybridized carbons (Fsp3) is 0.600. The first-order valence-corrected chi connectivity index (χ1v) is 9.12. The zero-order valence-corrected chi connectivity index (χ0v) is 15.5. The Labute approximate surface area is 150 Å². The molecule has 1 aliphatic rings. The van der Waals surface area contributed by atoms with Crippen LogP contribution in [0.5, 0.6) is 0 Å². The van der Waals surface area contributed by atoms with Crippen LogP contribution < -0.4 is 5.32 Å². The first kappa shape index (κ1) is 19.4. The molecule has 1 aromatic carbocycles. The minimum atomic E-state index is -0.611. The number of carbonyl (C=O) groups is 2. The van der Waals surface area contributed by atoms with Crippen molar-refractivity contribution < 1.29 is 14.7 Å². The molecule has 5 heteroatoms. The molecule has 2 amide bonds. The summed E-state index contributed by atoms with van der Waals surface area (Å²) >= 11 is 0. The summed E-state index contributed by atoms with van der Waals surface area (Å²) in [6, 6.07) is 9.18. The number of hydrogen-bond donors (Lipinski definition) is 2. The molecular weight excluding hydrogens is 316 g/mol. The van der Waals surface area contributed by atoms with Crippen LogP contribution in [0, 0.1) is 11.3 Å². The first-order chi connectivity index (χ1) is 11.8. The molecule has 1 fully saturated rings. The van der Waals surface area contributed by atoms with Crippen LogP contribution in [0.3, 0.4) is 0 Å². The van der Waals surface area contributed by atoms with Crippen LogP contribution in [0.15, 0.2) is 30.3 Å². The number of nitrogens with one attached hydrogen (secondary N) is 1. The lowest BCUT2D eigenvalue weighted by Gasteiger charge is -2.39. The summed E-state index contributed by atoms with van der Waals surface area (Å²) in [5.74, 6) is 0.274. The van der Waals surface area contributed by atoms with Crippen molar-refractivity contribution in [2.24, 2.45) is 11.3 Å². The molecule has 1 aliphatic heterocycles. The smallest absolute Gasteiger partial charge is 0.253 e. The molecule has 0 bridgehead atoms. The van der Waals surface area contributed by atoms with E-state index in [1.165, 1.54) is 0 Å². The van der Waals surface area contributed by atoms with E-state index in [2.05, 4.69) is 5.32 Å². The average molecular weight is 346 g/mol. The molecule has 0 radical (unpaired) electrons. The highest BCUT2D eigenvalue weighted by Gasteiger charge is 2.39. The SMILES string of the molecule is CC(C)CC(O)CNC(=O)C1(C)CCCN(C(=O)c2ccccc2)C1. The van der Waals surface area contributed by atoms with Gasteiger partial charge in [0.2, 0.25) is 5.91 Å². The highest BCUT2D eigenvalue weighted by atomic mass is 16.3. The predicted molar refractivity (Wildman–Crippen MR) is 98.2 cm³/mol. The van der Waals surface area contributed by atoms with Gasteiger partial charge in [-0.05, 0) is 44.2 Å². The number of aliphatic hydroxyl groups excluding tert-OH is 1. The van der Waals surface area contributed by atoms with E-state index in [0.29, 0.717) is 31.0 Å². The Kier molecular flexibility index (Phi) is 6.59. The zero-order chi connectivity index (χ0) is 18.4. The third-order valence-corrected chi connectivity index (χ3v) is 4.79. The Hall–Kier alpha value is -1.88. The highest BCUT2D eigenvalue weighted by Crippen LogP contribution is 2.30. The standard InChI is InChI=1S/C20H30N2O3/c1-15(2)12-17(23)13-21-19(25)20(3)10-7-11-22(14-20)18(24)16-8-5-4-6-9-16/h4-6,8-9,15,17,23H,7,10-14H2,1-3H3,(H,21,25). The van der Waals surface area contributed by atoms with Crippen LogP contribution >= 0.6 is 0 Å². The van der Waals surface area contributed by atoms with E-state index in [1.807, 2.05) is 39.0 Å². The molecule has 2 rings (SSSR count). The summed E-state index contributed by atoms with van der Waals surface area (Å²) in [5, 5.41) is 12.8. The third kappa shape index (κ3) is 5.30. The van der Waals surface area contributed by atoms with Crippen molar-refractivity contribution in [3.63, 3.8) is 0 Å². The highest BCUT2D eigenvalue weighted by molar-refractivity contribution is 5.95. The molecule has 0 aromatic heterocycles. The number of aliphatic hydroxyl groups is 1. The lowest BCUT2D eigenvalue weighted by atomic mass is 9.80. The number of benzene rings is 1. The van der Waals surface area contributed by atoms with Gasteiger partial charge in [-0.3, -0.25) is 9.59 Å². The average Bonchev–Trinajstić information content (AvgIpc) is 2.59. The van der Waals surface area contributed by atoms with Gasteiger partial charge in [0.15, 0.2) is 0 Å². The van der Waals surface area contributed by atoms with E-state index in [1.54, 1.807) is 17.0 Å². The Morgan fingerprint density at radius 2 is 1.96 bits per heavy atom. The maximum Gasteiger partial charge on any atom is 0.253 e. The van der Waals surface area contributed by atoms with Gasteiger partial charge in [0.05, 0.1) is 11.5 Å². The molecule has 138 valence electrons. The van der Waals surface area contributed by atoms with Crippen LogP contribution in [-0.4, -0.2) is 47.6 Å². The van der Waals surface area contributed by atoms with Gasteiger partial charge >= 0.3 is 0 Å². The van der Waals surface area contributed by atoms with E-state index in [-0.39, 0.29) is 18.4 Å². The van der Waals surface area contributed by atoms with Gasteiger partial charge in [-0.15, -0.1) is 0 Å². The van der Waals surface area contributed by atoms with Crippen molar-refractivity contribution in [1.82, 2.24) is 10.2 Å². The molecule has 1 saturated heterocycles. The quantitative estimate of drug-likeness (QED) is 0.831. The lowest BCUT2D eigenvalue weighted by Crippen LogP contribution is -2.52. The van der Waals surface area contributed by atoms with Gasteiger partial charge in [0.1, 0.15) is 0 Å². The topological polar surface area (TPSA) is 69.6 Å². The Morgan fingerprint density at radius 1 is 1.28 bits per heavy atom. The normalized spacial score (nSPS) is 21.9. The van der Waals surface area contributed by atoms with Gasteiger partial charge in [0.25, 0.3) is 5.91 Å². The number of amides is 2. The van der Waals surface area contributed by atoms with Crippen molar-refractivity contribution >= 4 is 11.8 Å². The summed E-state index contributed by atoms with van der Waals surface area (Å²) in [4.78, 5) is 27.1. The van der Waals surface area contributed by atoms with E-state index in [9.17, 15) is 14.7 Å². The number of carbonyl (C=O) groups excluding carboxylic acids is 2. The second kappa shape index (κ2) is 8.48. The fourth-order valence-electron chi connectivity index (χ4n) is 3.41. The molecule has 2 unspecified atom stereocenters. The number of hydrogen-bond acceptors (Lipinski definition) is 3.